The second kappa shape index (κ2) is 7.56. The number of nitrogens with zero attached hydrogens (tertiary/aromatic N) is 2. The van der Waals surface area contributed by atoms with Crippen LogP contribution >= 0.6 is 0 Å². The van der Waals surface area contributed by atoms with Crippen LogP contribution in [0.25, 0.3) is 11.1 Å². The Kier molecular flexibility index (Phi) is 4.99. The van der Waals surface area contributed by atoms with Gasteiger partial charge in [0, 0.05) is 35.8 Å². The fourth-order valence-corrected chi connectivity index (χ4v) is 3.86. The summed E-state index contributed by atoms with van der Waals surface area (Å²) in [4.78, 5) is 2.18. The molecular weight excluding hydrogens is 351 g/mol. The molecule has 4 rings (SSSR count). The van der Waals surface area contributed by atoms with Gasteiger partial charge < -0.3 is 0 Å². The molecule has 1 fully saturated rings. The average molecular weight is 371 g/mol. The third kappa shape index (κ3) is 3.62. The van der Waals surface area contributed by atoms with Crippen molar-refractivity contribution < 1.29 is 13.2 Å². The largest absolute Gasteiger partial charge is 0.298 e. The van der Waals surface area contributed by atoms with Crippen LogP contribution in [0.15, 0.2) is 48.7 Å². The molecule has 0 unspecified atom stereocenters. The summed E-state index contributed by atoms with van der Waals surface area (Å²) in [5.41, 5.74) is 1.80. The first-order chi connectivity index (χ1) is 13.1. The van der Waals surface area contributed by atoms with E-state index in [0.29, 0.717) is 24.2 Å². The molecule has 27 heavy (non-hydrogen) atoms. The third-order valence-electron chi connectivity index (χ3n) is 5.17. The monoisotopic (exact) mass is 371 g/mol. The lowest BCUT2D eigenvalue weighted by Gasteiger charge is -2.32. The van der Waals surface area contributed by atoms with Crippen molar-refractivity contribution in [3.63, 3.8) is 0 Å². The normalized spacial score (nSPS) is 18.0. The smallest absolute Gasteiger partial charge is 0.134 e. The molecule has 0 saturated carbocycles. The minimum atomic E-state index is -0.600. The standard InChI is InChI=1S/C21H20F3N3/c22-17-7-2-1-5-14(17)12-27-10-4-6-15(13-27)21-16(11-25-26-21)20-18(23)8-3-9-19(20)24/h1-3,5,7-9,11,15H,4,6,10,12-13H2,(H,25,26)/t15-/m1/s1. The van der Waals surface area contributed by atoms with Crippen LogP contribution in [0.2, 0.25) is 0 Å². The summed E-state index contributed by atoms with van der Waals surface area (Å²) in [5, 5.41) is 6.98. The van der Waals surface area contributed by atoms with Gasteiger partial charge in [0.25, 0.3) is 0 Å². The van der Waals surface area contributed by atoms with Crippen LogP contribution in [0.5, 0.6) is 0 Å². The first-order valence-corrected chi connectivity index (χ1v) is 9.07. The van der Waals surface area contributed by atoms with E-state index in [1.165, 1.54) is 30.5 Å². The van der Waals surface area contributed by atoms with E-state index in [0.717, 1.165) is 25.1 Å². The van der Waals surface area contributed by atoms with E-state index in [-0.39, 0.29) is 17.3 Å². The first-order valence-electron chi connectivity index (χ1n) is 9.07. The van der Waals surface area contributed by atoms with E-state index in [9.17, 15) is 13.2 Å². The minimum Gasteiger partial charge on any atom is -0.298 e. The number of nitrogens with one attached hydrogen (secondary N) is 1. The fraction of sp³-hybridized carbons (Fsp3) is 0.286. The van der Waals surface area contributed by atoms with E-state index < -0.39 is 11.6 Å². The van der Waals surface area contributed by atoms with Crippen LogP contribution in [-0.4, -0.2) is 28.2 Å². The van der Waals surface area contributed by atoms with Crippen LogP contribution in [0.3, 0.4) is 0 Å². The Morgan fingerprint density at radius 3 is 2.52 bits per heavy atom. The summed E-state index contributed by atoms with van der Waals surface area (Å²) in [6.07, 6.45) is 3.29. The van der Waals surface area contributed by atoms with Crippen molar-refractivity contribution in [1.29, 1.82) is 0 Å². The van der Waals surface area contributed by atoms with Gasteiger partial charge in [0.2, 0.25) is 0 Å². The number of hydrogen-bond acceptors (Lipinski definition) is 2. The van der Waals surface area contributed by atoms with Gasteiger partial charge in [-0.05, 0) is 37.6 Å². The summed E-state index contributed by atoms with van der Waals surface area (Å²) in [7, 11) is 0. The zero-order valence-electron chi connectivity index (χ0n) is 14.8. The summed E-state index contributed by atoms with van der Waals surface area (Å²) in [6, 6.07) is 10.6. The highest BCUT2D eigenvalue weighted by Gasteiger charge is 2.27. The number of aromatic amines is 1. The molecule has 1 aliphatic rings. The van der Waals surface area contributed by atoms with Crippen LogP contribution in [0.4, 0.5) is 13.2 Å². The number of rotatable bonds is 4. The number of H-pyrrole nitrogens is 1. The Morgan fingerprint density at radius 2 is 1.74 bits per heavy atom. The minimum absolute atomic E-state index is 0.0486. The van der Waals surface area contributed by atoms with Gasteiger partial charge in [-0.3, -0.25) is 10.00 Å². The van der Waals surface area contributed by atoms with Gasteiger partial charge in [-0.25, -0.2) is 13.2 Å². The first kappa shape index (κ1) is 17.8. The number of piperidine rings is 1. The van der Waals surface area contributed by atoms with Crippen LogP contribution < -0.4 is 0 Å². The molecule has 1 aliphatic heterocycles. The third-order valence-corrected chi connectivity index (χ3v) is 5.17. The maximum Gasteiger partial charge on any atom is 0.134 e. The Balaban J connectivity index is 1.58. The molecular formula is C21H20F3N3. The van der Waals surface area contributed by atoms with Crippen molar-refractivity contribution in [2.75, 3.05) is 13.1 Å². The molecule has 1 N–H and O–H groups in total. The van der Waals surface area contributed by atoms with Crippen LogP contribution in [0, 0.1) is 17.5 Å². The fourth-order valence-electron chi connectivity index (χ4n) is 3.86. The molecule has 0 radical (unpaired) electrons. The molecule has 6 heteroatoms. The van der Waals surface area contributed by atoms with Crippen LogP contribution in [-0.2, 0) is 6.54 Å². The maximum absolute atomic E-state index is 14.2. The quantitative estimate of drug-likeness (QED) is 0.709. The lowest BCUT2D eigenvalue weighted by molar-refractivity contribution is 0.196. The highest BCUT2D eigenvalue weighted by atomic mass is 19.1. The predicted octanol–water partition coefficient (Wildman–Crippen LogP) is 4.87. The van der Waals surface area contributed by atoms with Gasteiger partial charge in [0.05, 0.1) is 11.8 Å². The predicted molar refractivity (Wildman–Crippen MR) is 97.6 cm³/mol. The number of hydrogen-bond donors (Lipinski definition) is 1. The number of halogens is 3. The van der Waals surface area contributed by atoms with Crippen molar-refractivity contribution in [1.82, 2.24) is 15.1 Å². The Labute approximate surface area is 155 Å². The van der Waals surface area contributed by atoms with Crippen LogP contribution in [0.1, 0.15) is 30.0 Å². The Bertz CT molecular complexity index is 918. The molecule has 2 aromatic carbocycles. The maximum atomic E-state index is 14.2. The molecule has 2 heterocycles. The average Bonchev–Trinajstić information content (AvgIpc) is 3.13. The van der Waals surface area contributed by atoms with Crippen molar-refractivity contribution in [3.8, 4) is 11.1 Å². The van der Waals surface area contributed by atoms with E-state index in [4.69, 9.17) is 0 Å². The van der Waals surface area contributed by atoms with Crippen molar-refractivity contribution >= 4 is 0 Å². The highest BCUT2D eigenvalue weighted by Crippen LogP contribution is 2.35. The molecule has 0 amide bonds. The number of likely N-dealkylation sites (tertiary alicyclic amines) is 1. The van der Waals surface area contributed by atoms with E-state index >= 15 is 0 Å². The Hall–Kier alpha value is -2.60. The van der Waals surface area contributed by atoms with E-state index in [2.05, 4.69) is 15.1 Å². The zero-order valence-corrected chi connectivity index (χ0v) is 14.8. The SMILES string of the molecule is Fc1ccccc1CN1CCC[C@@H](c2[nH]ncc2-c2c(F)cccc2F)C1. The van der Waals surface area contributed by atoms with Crippen molar-refractivity contribution in [2.45, 2.75) is 25.3 Å². The topological polar surface area (TPSA) is 31.9 Å². The van der Waals surface area contributed by atoms with Gasteiger partial charge >= 0.3 is 0 Å². The molecule has 3 aromatic rings. The molecule has 0 spiro atoms. The molecule has 1 saturated heterocycles. The van der Waals surface area contributed by atoms with Crippen molar-refractivity contribution in [2.24, 2.45) is 0 Å². The molecule has 0 bridgehead atoms. The highest BCUT2D eigenvalue weighted by molar-refractivity contribution is 5.67. The molecule has 3 nitrogen and oxygen atoms in total. The lowest BCUT2D eigenvalue weighted by Crippen LogP contribution is -2.34. The number of aromatic nitrogens is 2. The summed E-state index contributed by atoms with van der Waals surface area (Å²) in [6.45, 7) is 2.06. The van der Waals surface area contributed by atoms with E-state index in [1.54, 1.807) is 12.1 Å². The second-order valence-corrected chi connectivity index (χ2v) is 6.96. The summed E-state index contributed by atoms with van der Waals surface area (Å²) >= 11 is 0. The van der Waals surface area contributed by atoms with Gasteiger partial charge in [0.15, 0.2) is 0 Å². The Morgan fingerprint density at radius 1 is 1.00 bits per heavy atom. The molecule has 1 aromatic heterocycles. The molecule has 1 atom stereocenters. The second-order valence-electron chi connectivity index (χ2n) is 6.96. The van der Waals surface area contributed by atoms with Gasteiger partial charge in [-0.1, -0.05) is 24.3 Å². The van der Waals surface area contributed by atoms with Crippen molar-refractivity contribution in [3.05, 3.63) is 77.4 Å². The van der Waals surface area contributed by atoms with Gasteiger partial charge in [0.1, 0.15) is 17.5 Å². The zero-order chi connectivity index (χ0) is 18.8. The molecule has 0 aliphatic carbocycles. The van der Waals surface area contributed by atoms with Gasteiger partial charge in [-0.15, -0.1) is 0 Å². The van der Waals surface area contributed by atoms with Gasteiger partial charge in [-0.2, -0.15) is 5.10 Å². The number of benzene rings is 2. The molecule has 140 valence electrons. The lowest BCUT2D eigenvalue weighted by atomic mass is 9.90. The van der Waals surface area contributed by atoms with E-state index in [1.807, 2.05) is 6.07 Å². The summed E-state index contributed by atoms with van der Waals surface area (Å²) in [5.74, 6) is -1.36. The summed E-state index contributed by atoms with van der Waals surface area (Å²) < 4.78 is 42.4.